The highest BCUT2D eigenvalue weighted by Gasteiger charge is 2.08. The van der Waals surface area contributed by atoms with E-state index in [1.54, 1.807) is 18.3 Å². The fraction of sp³-hybridized carbons (Fsp3) is 0.125. The van der Waals surface area contributed by atoms with Crippen LogP contribution in [0.4, 0.5) is 5.95 Å². The molecule has 2 aromatic carbocycles. The van der Waals surface area contributed by atoms with Gasteiger partial charge in [0.25, 0.3) is 0 Å². The van der Waals surface area contributed by atoms with Crippen molar-refractivity contribution in [3.63, 3.8) is 0 Å². The number of aromatic amines is 1. The Labute approximate surface area is 141 Å². The van der Waals surface area contributed by atoms with Crippen molar-refractivity contribution in [3.8, 4) is 11.5 Å². The van der Waals surface area contributed by atoms with E-state index >= 15 is 0 Å². The zero-order valence-corrected chi connectivity index (χ0v) is 14.0. The summed E-state index contributed by atoms with van der Waals surface area (Å²) in [6, 6.07) is 11.2. The van der Waals surface area contributed by atoms with Gasteiger partial charge in [0, 0.05) is 0 Å². The first kappa shape index (κ1) is 15.4. The lowest BCUT2D eigenvalue weighted by molar-refractivity contribution is 0.317. The van der Waals surface area contributed by atoms with Gasteiger partial charge >= 0.3 is 0 Å². The van der Waals surface area contributed by atoms with Crippen LogP contribution in [-0.2, 0) is 0 Å². The number of fused-ring (bicyclic) bond motifs is 1. The third-order valence-corrected chi connectivity index (χ3v) is 3.73. The summed E-state index contributed by atoms with van der Waals surface area (Å²) >= 11 is 3.30. The van der Waals surface area contributed by atoms with Crippen LogP contribution in [0.3, 0.4) is 0 Å². The van der Waals surface area contributed by atoms with E-state index in [2.05, 4.69) is 36.4 Å². The number of anilines is 1. The molecule has 0 aliphatic rings. The van der Waals surface area contributed by atoms with E-state index in [4.69, 9.17) is 4.74 Å². The summed E-state index contributed by atoms with van der Waals surface area (Å²) in [6.45, 7) is 2.33. The van der Waals surface area contributed by atoms with Crippen molar-refractivity contribution >= 4 is 39.1 Å². The number of phenolic OH excluding ortho intramolecular Hbond substituents is 1. The normalized spacial score (nSPS) is 11.2. The molecule has 118 valence electrons. The lowest BCUT2D eigenvalue weighted by Gasteiger charge is -2.08. The molecule has 0 amide bonds. The molecule has 0 radical (unpaired) electrons. The van der Waals surface area contributed by atoms with Crippen LogP contribution in [0.15, 0.2) is 46.0 Å². The first-order chi connectivity index (χ1) is 11.2. The number of phenols is 1. The Morgan fingerprint density at radius 2 is 2.22 bits per heavy atom. The molecule has 6 nitrogen and oxygen atoms in total. The Kier molecular flexibility index (Phi) is 4.47. The molecule has 0 aliphatic heterocycles. The molecule has 3 N–H and O–H groups in total. The number of imidazole rings is 1. The number of halogens is 1. The SMILES string of the molecule is CCOc1cc(/C=N\Nc2nc3ccccc3[nH]2)cc(Br)c1O. The largest absolute Gasteiger partial charge is 0.503 e. The van der Waals surface area contributed by atoms with E-state index < -0.39 is 0 Å². The second-order valence-electron chi connectivity index (χ2n) is 4.76. The predicted molar refractivity (Wildman–Crippen MR) is 94.3 cm³/mol. The van der Waals surface area contributed by atoms with E-state index in [1.165, 1.54) is 0 Å². The molecule has 1 aromatic heterocycles. The number of aromatic hydroxyl groups is 1. The predicted octanol–water partition coefficient (Wildman–Crippen LogP) is 3.88. The zero-order chi connectivity index (χ0) is 16.2. The summed E-state index contributed by atoms with van der Waals surface area (Å²) in [5, 5.41) is 14.0. The average molecular weight is 375 g/mol. The second-order valence-corrected chi connectivity index (χ2v) is 5.61. The number of para-hydroxylation sites is 2. The summed E-state index contributed by atoms with van der Waals surface area (Å²) in [6.07, 6.45) is 1.62. The molecule has 7 heteroatoms. The minimum Gasteiger partial charge on any atom is -0.503 e. The molecule has 1 heterocycles. The van der Waals surface area contributed by atoms with Gasteiger partial charge in [-0.25, -0.2) is 10.4 Å². The van der Waals surface area contributed by atoms with Crippen molar-refractivity contribution in [2.45, 2.75) is 6.92 Å². The Morgan fingerprint density at radius 1 is 1.39 bits per heavy atom. The average Bonchev–Trinajstić information content (AvgIpc) is 2.95. The van der Waals surface area contributed by atoms with Crippen molar-refractivity contribution < 1.29 is 9.84 Å². The van der Waals surface area contributed by atoms with Gasteiger partial charge in [-0.15, -0.1) is 0 Å². The molecule has 0 bridgehead atoms. The smallest absolute Gasteiger partial charge is 0.222 e. The molecule has 0 aliphatic carbocycles. The molecule has 3 aromatic rings. The number of rotatable bonds is 5. The number of benzene rings is 2. The monoisotopic (exact) mass is 374 g/mol. The molecule has 0 atom stereocenters. The standard InChI is InChI=1S/C16H15BrN4O2/c1-2-23-14-8-10(7-11(17)15(14)22)9-18-21-16-19-12-5-3-4-6-13(12)20-16/h3-9,22H,2H2,1H3,(H2,19,20,21)/b18-9-. The molecular formula is C16H15BrN4O2. The first-order valence-corrected chi connectivity index (χ1v) is 7.86. The number of nitrogens with zero attached hydrogens (tertiary/aromatic N) is 2. The summed E-state index contributed by atoms with van der Waals surface area (Å²) < 4.78 is 5.93. The van der Waals surface area contributed by atoms with Crippen molar-refractivity contribution in [3.05, 3.63) is 46.4 Å². The van der Waals surface area contributed by atoms with Gasteiger partial charge in [0.15, 0.2) is 11.5 Å². The van der Waals surface area contributed by atoms with Crippen LogP contribution in [0.1, 0.15) is 12.5 Å². The van der Waals surface area contributed by atoms with Gasteiger partial charge in [0.2, 0.25) is 5.95 Å². The zero-order valence-electron chi connectivity index (χ0n) is 12.4. The van der Waals surface area contributed by atoms with Crippen LogP contribution in [0.5, 0.6) is 11.5 Å². The van der Waals surface area contributed by atoms with Gasteiger partial charge in [-0.05, 0) is 52.7 Å². The summed E-state index contributed by atoms with van der Waals surface area (Å²) in [7, 11) is 0. The fourth-order valence-electron chi connectivity index (χ4n) is 2.11. The molecule has 23 heavy (non-hydrogen) atoms. The van der Waals surface area contributed by atoms with Gasteiger partial charge in [0.1, 0.15) is 0 Å². The molecule has 0 unspecified atom stereocenters. The first-order valence-electron chi connectivity index (χ1n) is 7.06. The highest BCUT2D eigenvalue weighted by molar-refractivity contribution is 9.10. The minimum absolute atomic E-state index is 0.0780. The van der Waals surface area contributed by atoms with Crippen LogP contribution in [-0.4, -0.2) is 27.9 Å². The Bertz CT molecular complexity index is 827. The van der Waals surface area contributed by atoms with E-state index in [9.17, 15) is 5.11 Å². The van der Waals surface area contributed by atoms with Gasteiger partial charge in [-0.1, -0.05) is 12.1 Å². The van der Waals surface area contributed by atoms with Crippen molar-refractivity contribution in [1.29, 1.82) is 0 Å². The number of ether oxygens (including phenoxy) is 1. The Balaban J connectivity index is 1.77. The van der Waals surface area contributed by atoms with E-state index in [0.29, 0.717) is 22.8 Å². The third kappa shape index (κ3) is 3.45. The Morgan fingerprint density at radius 3 is 3.00 bits per heavy atom. The van der Waals surface area contributed by atoms with E-state index in [0.717, 1.165) is 16.6 Å². The maximum absolute atomic E-state index is 9.89. The lowest BCUT2D eigenvalue weighted by atomic mass is 10.2. The van der Waals surface area contributed by atoms with Crippen molar-refractivity contribution in [2.24, 2.45) is 5.10 Å². The topological polar surface area (TPSA) is 82.5 Å². The number of aromatic nitrogens is 2. The quantitative estimate of drug-likeness (QED) is 0.467. The summed E-state index contributed by atoms with van der Waals surface area (Å²) in [5.74, 6) is 1.05. The molecule has 0 spiro atoms. The molecular weight excluding hydrogens is 360 g/mol. The molecule has 0 saturated heterocycles. The van der Waals surface area contributed by atoms with Gasteiger partial charge in [-0.3, -0.25) is 0 Å². The lowest BCUT2D eigenvalue weighted by Crippen LogP contribution is -1.95. The maximum Gasteiger partial charge on any atom is 0.222 e. The molecule has 0 fully saturated rings. The number of hydrogen-bond donors (Lipinski definition) is 3. The molecule has 0 saturated carbocycles. The van der Waals surface area contributed by atoms with Gasteiger partial charge in [-0.2, -0.15) is 5.10 Å². The van der Waals surface area contributed by atoms with E-state index in [1.807, 2.05) is 31.2 Å². The van der Waals surface area contributed by atoms with Gasteiger partial charge in [0.05, 0.1) is 28.3 Å². The highest BCUT2D eigenvalue weighted by Crippen LogP contribution is 2.35. The highest BCUT2D eigenvalue weighted by atomic mass is 79.9. The van der Waals surface area contributed by atoms with Crippen LogP contribution < -0.4 is 10.2 Å². The summed E-state index contributed by atoms with van der Waals surface area (Å²) in [4.78, 5) is 7.49. The summed E-state index contributed by atoms with van der Waals surface area (Å²) in [5.41, 5.74) is 5.44. The van der Waals surface area contributed by atoms with Gasteiger partial charge < -0.3 is 14.8 Å². The van der Waals surface area contributed by atoms with Crippen LogP contribution in [0.2, 0.25) is 0 Å². The second kappa shape index (κ2) is 6.70. The number of hydrogen-bond acceptors (Lipinski definition) is 5. The van der Waals surface area contributed by atoms with Crippen molar-refractivity contribution in [1.82, 2.24) is 9.97 Å². The fourth-order valence-corrected chi connectivity index (χ4v) is 2.57. The molecule has 3 rings (SSSR count). The van der Waals surface area contributed by atoms with E-state index in [-0.39, 0.29) is 5.75 Å². The number of H-pyrrole nitrogens is 1. The third-order valence-electron chi connectivity index (χ3n) is 3.12. The van der Waals surface area contributed by atoms with Crippen LogP contribution >= 0.6 is 15.9 Å². The number of nitrogens with one attached hydrogen (secondary N) is 2. The van der Waals surface area contributed by atoms with Crippen molar-refractivity contribution in [2.75, 3.05) is 12.0 Å². The van der Waals surface area contributed by atoms with Crippen LogP contribution in [0, 0.1) is 0 Å². The minimum atomic E-state index is 0.0780. The Hall–Kier alpha value is -2.54. The number of hydrazone groups is 1. The van der Waals surface area contributed by atoms with Crippen LogP contribution in [0.25, 0.3) is 11.0 Å². The maximum atomic E-state index is 9.89.